The van der Waals surface area contributed by atoms with Gasteiger partial charge in [0.25, 0.3) is 0 Å². The first-order valence-corrected chi connectivity index (χ1v) is 15.3. The highest BCUT2D eigenvalue weighted by molar-refractivity contribution is 5.60. The molecule has 3 aromatic carbocycles. The maximum atomic E-state index is 15.2. The molecule has 0 spiro atoms. The number of methoxy groups -OCH3 is 1. The molecule has 1 aliphatic carbocycles. The van der Waals surface area contributed by atoms with Gasteiger partial charge in [-0.05, 0) is 118 Å². The van der Waals surface area contributed by atoms with Crippen molar-refractivity contribution in [2.75, 3.05) is 38.3 Å². The molecule has 1 aliphatic heterocycles. The summed E-state index contributed by atoms with van der Waals surface area (Å²) in [5, 5.41) is 9.93. The number of nitrogens with zero attached hydrogens (tertiary/aromatic N) is 2. The highest BCUT2D eigenvalue weighted by Gasteiger charge is 2.26. The van der Waals surface area contributed by atoms with Gasteiger partial charge < -0.3 is 19.5 Å². The van der Waals surface area contributed by atoms with Crippen molar-refractivity contribution in [1.29, 1.82) is 0 Å². The Balaban J connectivity index is 1.32. The maximum absolute atomic E-state index is 15.2. The summed E-state index contributed by atoms with van der Waals surface area (Å²) in [5.41, 5.74) is 5.86. The molecule has 1 atom stereocenters. The zero-order valence-electron chi connectivity index (χ0n) is 24.9. The molecule has 1 heterocycles. The van der Waals surface area contributed by atoms with Crippen LogP contribution in [0.3, 0.4) is 0 Å². The highest BCUT2D eigenvalue weighted by Crippen LogP contribution is 2.40. The predicted molar refractivity (Wildman–Crippen MR) is 164 cm³/mol. The highest BCUT2D eigenvalue weighted by atomic mass is 19.1. The molecule has 1 saturated heterocycles. The molecule has 41 heavy (non-hydrogen) atoms. The number of benzene rings is 3. The van der Waals surface area contributed by atoms with E-state index < -0.39 is 0 Å². The van der Waals surface area contributed by atoms with Crippen LogP contribution in [0.5, 0.6) is 17.2 Å². The van der Waals surface area contributed by atoms with Crippen LogP contribution < -0.4 is 14.4 Å². The van der Waals surface area contributed by atoms with E-state index in [1.54, 1.807) is 25.3 Å². The van der Waals surface area contributed by atoms with Gasteiger partial charge in [-0.2, -0.15) is 0 Å². The van der Waals surface area contributed by atoms with Gasteiger partial charge in [-0.25, -0.2) is 4.39 Å². The van der Waals surface area contributed by atoms with Crippen molar-refractivity contribution in [2.45, 2.75) is 77.3 Å². The van der Waals surface area contributed by atoms with Gasteiger partial charge in [-0.1, -0.05) is 31.0 Å². The van der Waals surface area contributed by atoms with Crippen molar-refractivity contribution in [2.24, 2.45) is 0 Å². The molecule has 220 valence electrons. The van der Waals surface area contributed by atoms with Crippen LogP contribution in [0, 0.1) is 5.82 Å². The van der Waals surface area contributed by atoms with Crippen LogP contribution in [0.4, 0.5) is 10.1 Å². The summed E-state index contributed by atoms with van der Waals surface area (Å²) in [6.07, 6.45) is 7.97. The third kappa shape index (κ3) is 7.34. The summed E-state index contributed by atoms with van der Waals surface area (Å²) in [7, 11) is 1.70. The number of phenols is 1. The van der Waals surface area contributed by atoms with Crippen LogP contribution in [0.2, 0.25) is 0 Å². The zero-order chi connectivity index (χ0) is 28.8. The Labute approximate surface area is 244 Å². The standard InChI is InChI=1S/C35H45FN2O3/c1-25(2)38(24-26-8-15-35(33(36)20-26)41-19-18-37-16-6-4-5-7-17-37)34-23-31(40-3)13-14-32(34)29-10-9-28-22-30(39)12-11-27(28)21-29/h8,11-15,20,22-23,25,29,39H,4-7,9-10,16-19,21,24H2,1-3H3. The summed E-state index contributed by atoms with van der Waals surface area (Å²) in [6, 6.07) is 17.7. The molecule has 0 bridgehead atoms. The lowest BCUT2D eigenvalue weighted by atomic mass is 9.79. The minimum atomic E-state index is -0.305. The Hall–Kier alpha value is -3.25. The Bertz CT molecular complexity index is 1300. The second-order valence-electron chi connectivity index (χ2n) is 11.9. The van der Waals surface area contributed by atoms with Gasteiger partial charge in [-0.15, -0.1) is 0 Å². The van der Waals surface area contributed by atoms with Crippen molar-refractivity contribution in [1.82, 2.24) is 4.90 Å². The number of hydrogen-bond donors (Lipinski definition) is 1. The maximum Gasteiger partial charge on any atom is 0.165 e. The van der Waals surface area contributed by atoms with Gasteiger partial charge in [0.2, 0.25) is 0 Å². The smallest absolute Gasteiger partial charge is 0.165 e. The summed E-state index contributed by atoms with van der Waals surface area (Å²) in [4.78, 5) is 4.78. The first-order valence-electron chi connectivity index (χ1n) is 15.3. The molecule has 0 amide bonds. The summed E-state index contributed by atoms with van der Waals surface area (Å²) in [5.74, 6) is 1.52. The number of halogens is 1. The quantitative estimate of drug-likeness (QED) is 0.279. The van der Waals surface area contributed by atoms with E-state index in [-0.39, 0.29) is 11.9 Å². The van der Waals surface area contributed by atoms with Gasteiger partial charge >= 0.3 is 0 Å². The van der Waals surface area contributed by atoms with Gasteiger partial charge in [-0.3, -0.25) is 4.90 Å². The average molecular weight is 561 g/mol. The second kappa shape index (κ2) is 13.6. The minimum Gasteiger partial charge on any atom is -0.508 e. The summed E-state index contributed by atoms with van der Waals surface area (Å²) in [6.45, 7) is 8.51. The summed E-state index contributed by atoms with van der Waals surface area (Å²) >= 11 is 0. The fraction of sp³-hybridized carbons (Fsp3) is 0.486. The SMILES string of the molecule is COc1ccc(C2CCc3cc(O)ccc3C2)c(N(Cc2ccc(OCCN3CCCCCC3)c(F)c2)C(C)C)c1. The van der Waals surface area contributed by atoms with Crippen molar-refractivity contribution in [3.8, 4) is 17.2 Å². The molecule has 5 nitrogen and oxygen atoms in total. The van der Waals surface area contributed by atoms with Crippen molar-refractivity contribution in [3.63, 3.8) is 0 Å². The molecule has 1 unspecified atom stereocenters. The number of rotatable bonds is 10. The number of likely N-dealkylation sites (tertiary alicyclic amines) is 1. The molecule has 0 saturated carbocycles. The van der Waals surface area contributed by atoms with Crippen LogP contribution in [0.15, 0.2) is 54.6 Å². The molecule has 0 aromatic heterocycles. The molecule has 2 aliphatic rings. The van der Waals surface area contributed by atoms with Crippen LogP contribution in [0.1, 0.15) is 74.1 Å². The predicted octanol–water partition coefficient (Wildman–Crippen LogP) is 7.48. The van der Waals surface area contributed by atoms with E-state index in [1.807, 2.05) is 18.2 Å². The Kier molecular flexibility index (Phi) is 9.71. The molecule has 6 heteroatoms. The lowest BCUT2D eigenvalue weighted by molar-refractivity contribution is 0.209. The van der Waals surface area contributed by atoms with E-state index in [4.69, 9.17) is 9.47 Å². The number of hydrogen-bond acceptors (Lipinski definition) is 5. The van der Waals surface area contributed by atoms with Crippen LogP contribution in [-0.2, 0) is 19.4 Å². The van der Waals surface area contributed by atoms with E-state index in [0.717, 1.165) is 55.9 Å². The molecule has 3 aromatic rings. The normalized spacial score (nSPS) is 17.6. The van der Waals surface area contributed by atoms with E-state index in [2.05, 4.69) is 41.8 Å². The number of aryl methyl sites for hydroxylation is 1. The molecule has 5 rings (SSSR count). The number of anilines is 1. The fourth-order valence-electron chi connectivity index (χ4n) is 6.40. The Morgan fingerprint density at radius 2 is 1.78 bits per heavy atom. The number of aromatic hydroxyl groups is 1. The zero-order valence-corrected chi connectivity index (χ0v) is 24.9. The van der Waals surface area contributed by atoms with Crippen LogP contribution >= 0.6 is 0 Å². The van der Waals surface area contributed by atoms with E-state index >= 15 is 4.39 Å². The number of phenolic OH excluding ortho intramolecular Hbond substituents is 1. The van der Waals surface area contributed by atoms with E-state index in [1.165, 1.54) is 42.4 Å². The Morgan fingerprint density at radius 3 is 2.51 bits per heavy atom. The van der Waals surface area contributed by atoms with Crippen LogP contribution in [0.25, 0.3) is 0 Å². The average Bonchev–Trinajstić information content (AvgIpc) is 3.25. The minimum absolute atomic E-state index is 0.196. The lowest BCUT2D eigenvalue weighted by Crippen LogP contribution is -2.32. The van der Waals surface area contributed by atoms with Crippen LogP contribution in [-0.4, -0.2) is 49.4 Å². The van der Waals surface area contributed by atoms with Gasteiger partial charge in [0.15, 0.2) is 11.6 Å². The first kappa shape index (κ1) is 29.2. The lowest BCUT2D eigenvalue weighted by Gasteiger charge is -2.35. The Morgan fingerprint density at radius 1 is 0.976 bits per heavy atom. The van der Waals surface area contributed by atoms with Gasteiger partial charge in [0.05, 0.1) is 7.11 Å². The third-order valence-corrected chi connectivity index (χ3v) is 8.74. The van der Waals surface area contributed by atoms with E-state index in [0.29, 0.717) is 30.6 Å². The molecule has 1 fully saturated rings. The third-order valence-electron chi connectivity index (χ3n) is 8.74. The second-order valence-corrected chi connectivity index (χ2v) is 11.9. The van der Waals surface area contributed by atoms with Gasteiger partial charge in [0.1, 0.15) is 18.1 Å². The van der Waals surface area contributed by atoms with Crippen molar-refractivity contribution in [3.05, 3.63) is 82.7 Å². The number of fused-ring (bicyclic) bond motifs is 1. The van der Waals surface area contributed by atoms with Gasteiger partial charge in [0, 0.05) is 30.9 Å². The van der Waals surface area contributed by atoms with Crippen molar-refractivity contribution >= 4 is 5.69 Å². The van der Waals surface area contributed by atoms with E-state index in [9.17, 15) is 5.11 Å². The molecule has 0 radical (unpaired) electrons. The molecule has 1 N–H and O–H groups in total. The topological polar surface area (TPSA) is 45.2 Å². The fourth-order valence-corrected chi connectivity index (χ4v) is 6.40. The molecular formula is C35H45FN2O3. The van der Waals surface area contributed by atoms with Crippen molar-refractivity contribution < 1.29 is 19.0 Å². The molecular weight excluding hydrogens is 515 g/mol. The monoisotopic (exact) mass is 560 g/mol. The first-order chi connectivity index (χ1) is 19.9. The number of ether oxygens (including phenoxy) is 2. The summed E-state index contributed by atoms with van der Waals surface area (Å²) < 4.78 is 26.7. The largest absolute Gasteiger partial charge is 0.508 e.